The second-order valence-corrected chi connectivity index (χ2v) is 5.41. The molecule has 7 nitrogen and oxygen atoms in total. The number of halogens is 1. The molecule has 0 unspecified atom stereocenters. The molecule has 0 aliphatic rings. The lowest BCUT2D eigenvalue weighted by atomic mass is 10.2. The summed E-state index contributed by atoms with van der Waals surface area (Å²) in [5.41, 5.74) is 1.62. The first-order valence-electron chi connectivity index (χ1n) is 6.54. The van der Waals surface area contributed by atoms with Crippen LogP contribution in [0.25, 0.3) is 0 Å². The molecule has 116 valence electrons. The Kier molecular flexibility index (Phi) is 4.77. The van der Waals surface area contributed by atoms with E-state index < -0.39 is 5.91 Å². The molecule has 1 aromatic heterocycles. The maximum atomic E-state index is 12.1. The largest absolute Gasteiger partial charge is 0.347 e. The highest BCUT2D eigenvalue weighted by molar-refractivity contribution is 6.31. The van der Waals surface area contributed by atoms with Crippen molar-refractivity contribution >= 4 is 29.1 Å². The summed E-state index contributed by atoms with van der Waals surface area (Å²) in [4.78, 5) is 25.1. The summed E-state index contributed by atoms with van der Waals surface area (Å²) in [6, 6.07) is 5.22. The molecular weight excluding hydrogens is 306 g/mol. The Bertz CT molecular complexity index is 711. The van der Waals surface area contributed by atoms with Gasteiger partial charge in [0.05, 0.1) is 6.20 Å². The van der Waals surface area contributed by atoms with Gasteiger partial charge < -0.3 is 10.2 Å². The summed E-state index contributed by atoms with van der Waals surface area (Å²) < 4.78 is 1.32. The first-order valence-corrected chi connectivity index (χ1v) is 6.92. The first kappa shape index (κ1) is 16.0. The van der Waals surface area contributed by atoms with Crippen LogP contribution in [0.3, 0.4) is 0 Å². The summed E-state index contributed by atoms with van der Waals surface area (Å²) >= 11 is 6.01. The van der Waals surface area contributed by atoms with Gasteiger partial charge in [0.15, 0.2) is 5.69 Å². The Labute approximate surface area is 132 Å². The number of carbonyl (C=O) groups excluding carboxylic acids is 2. The van der Waals surface area contributed by atoms with E-state index in [0.29, 0.717) is 10.7 Å². The lowest BCUT2D eigenvalue weighted by Gasteiger charge is -2.08. The highest BCUT2D eigenvalue weighted by Crippen LogP contribution is 2.20. The van der Waals surface area contributed by atoms with Gasteiger partial charge in [-0.1, -0.05) is 22.9 Å². The van der Waals surface area contributed by atoms with Gasteiger partial charge in [0.25, 0.3) is 5.91 Å². The average molecular weight is 322 g/mol. The number of rotatable bonds is 4. The predicted molar refractivity (Wildman–Crippen MR) is 82.9 cm³/mol. The van der Waals surface area contributed by atoms with Crippen molar-refractivity contribution in [2.75, 3.05) is 19.4 Å². The average Bonchev–Trinajstić information content (AvgIpc) is 2.91. The third kappa shape index (κ3) is 3.82. The van der Waals surface area contributed by atoms with Crippen molar-refractivity contribution in [3.8, 4) is 0 Å². The lowest BCUT2D eigenvalue weighted by Crippen LogP contribution is -2.26. The van der Waals surface area contributed by atoms with E-state index >= 15 is 0 Å². The normalized spacial score (nSPS) is 10.4. The highest BCUT2D eigenvalue weighted by atomic mass is 35.5. The van der Waals surface area contributed by atoms with Crippen LogP contribution in [0.1, 0.15) is 16.1 Å². The van der Waals surface area contributed by atoms with Gasteiger partial charge in [0, 0.05) is 24.8 Å². The van der Waals surface area contributed by atoms with E-state index in [4.69, 9.17) is 11.6 Å². The molecule has 0 aliphatic heterocycles. The second-order valence-electron chi connectivity index (χ2n) is 5.01. The number of hydrogen-bond donors (Lipinski definition) is 1. The van der Waals surface area contributed by atoms with Gasteiger partial charge in [-0.25, -0.2) is 4.68 Å². The molecule has 1 heterocycles. The Morgan fingerprint density at radius 1 is 1.36 bits per heavy atom. The molecule has 1 N–H and O–H groups in total. The maximum Gasteiger partial charge on any atom is 0.277 e. The summed E-state index contributed by atoms with van der Waals surface area (Å²) in [6.07, 6.45) is 1.42. The van der Waals surface area contributed by atoms with Crippen molar-refractivity contribution in [3.05, 3.63) is 40.7 Å². The quantitative estimate of drug-likeness (QED) is 0.927. The molecule has 0 atom stereocenters. The predicted octanol–water partition coefficient (Wildman–Crippen LogP) is 1.58. The molecule has 0 fully saturated rings. The molecular formula is C14H16ClN5O2. The van der Waals surface area contributed by atoms with Crippen molar-refractivity contribution in [2.24, 2.45) is 0 Å². The number of nitrogens with zero attached hydrogens (tertiary/aromatic N) is 4. The van der Waals surface area contributed by atoms with Crippen LogP contribution < -0.4 is 5.32 Å². The minimum atomic E-state index is -0.413. The van der Waals surface area contributed by atoms with Crippen LogP contribution in [0.15, 0.2) is 24.4 Å². The molecule has 2 aromatic rings. The standard InChI is InChI=1S/C14H16ClN5O2/c1-9-4-5-10(6-11(9)15)16-14(22)12-7-20(18-17-12)8-13(21)19(2)3/h4-7H,8H2,1-3H3,(H,16,22). The van der Waals surface area contributed by atoms with Gasteiger partial charge in [-0.2, -0.15) is 0 Å². The van der Waals surface area contributed by atoms with Gasteiger partial charge in [-0.15, -0.1) is 5.10 Å². The smallest absolute Gasteiger partial charge is 0.277 e. The van der Waals surface area contributed by atoms with Crippen molar-refractivity contribution in [1.82, 2.24) is 19.9 Å². The topological polar surface area (TPSA) is 80.1 Å². The number of nitrogens with one attached hydrogen (secondary N) is 1. The Hall–Kier alpha value is -2.41. The minimum Gasteiger partial charge on any atom is -0.347 e. The molecule has 0 bridgehead atoms. The number of benzene rings is 1. The van der Waals surface area contributed by atoms with E-state index in [1.54, 1.807) is 26.2 Å². The molecule has 1 aromatic carbocycles. The SMILES string of the molecule is Cc1ccc(NC(=O)c2cn(CC(=O)N(C)C)nn2)cc1Cl. The number of likely N-dealkylation sites (N-methyl/N-ethyl adjacent to an activating group) is 1. The van der Waals surface area contributed by atoms with Crippen LogP contribution in [0, 0.1) is 6.92 Å². The molecule has 22 heavy (non-hydrogen) atoms. The molecule has 0 radical (unpaired) electrons. The van der Waals surface area contributed by atoms with Crippen molar-refractivity contribution in [3.63, 3.8) is 0 Å². The number of anilines is 1. The van der Waals surface area contributed by atoms with E-state index in [1.165, 1.54) is 15.8 Å². The molecule has 2 amide bonds. The van der Waals surface area contributed by atoms with Crippen LogP contribution in [0.5, 0.6) is 0 Å². The van der Waals surface area contributed by atoms with Crippen molar-refractivity contribution in [2.45, 2.75) is 13.5 Å². The van der Waals surface area contributed by atoms with Gasteiger partial charge in [0.2, 0.25) is 5.91 Å². The number of aryl methyl sites for hydroxylation is 1. The van der Waals surface area contributed by atoms with Crippen LogP contribution in [-0.4, -0.2) is 45.8 Å². The number of aromatic nitrogens is 3. The molecule has 0 aliphatic carbocycles. The zero-order chi connectivity index (χ0) is 16.3. The fraction of sp³-hybridized carbons (Fsp3) is 0.286. The van der Waals surface area contributed by atoms with Crippen molar-refractivity contribution in [1.29, 1.82) is 0 Å². The summed E-state index contributed by atoms with van der Waals surface area (Å²) in [5, 5.41) is 10.8. The van der Waals surface area contributed by atoms with E-state index in [1.807, 2.05) is 13.0 Å². The number of amides is 2. The third-order valence-electron chi connectivity index (χ3n) is 3.00. The van der Waals surface area contributed by atoms with E-state index in [2.05, 4.69) is 15.6 Å². The van der Waals surface area contributed by atoms with Gasteiger partial charge in [-0.3, -0.25) is 9.59 Å². The Balaban J connectivity index is 2.05. The van der Waals surface area contributed by atoms with Crippen LogP contribution >= 0.6 is 11.6 Å². The van der Waals surface area contributed by atoms with E-state index in [-0.39, 0.29) is 18.1 Å². The zero-order valence-electron chi connectivity index (χ0n) is 12.5. The summed E-state index contributed by atoms with van der Waals surface area (Å²) in [7, 11) is 3.29. The second kappa shape index (κ2) is 6.57. The highest BCUT2D eigenvalue weighted by Gasteiger charge is 2.13. The summed E-state index contributed by atoms with van der Waals surface area (Å²) in [6.45, 7) is 1.91. The monoisotopic (exact) mass is 321 g/mol. The maximum absolute atomic E-state index is 12.1. The number of hydrogen-bond acceptors (Lipinski definition) is 4. The fourth-order valence-electron chi connectivity index (χ4n) is 1.63. The van der Waals surface area contributed by atoms with Gasteiger partial charge in [0.1, 0.15) is 6.54 Å². The van der Waals surface area contributed by atoms with E-state index in [0.717, 1.165) is 5.56 Å². The first-order chi connectivity index (χ1) is 10.4. The van der Waals surface area contributed by atoms with Crippen LogP contribution in [0.2, 0.25) is 5.02 Å². The van der Waals surface area contributed by atoms with Crippen molar-refractivity contribution < 1.29 is 9.59 Å². The molecule has 0 saturated carbocycles. The van der Waals surface area contributed by atoms with Crippen LogP contribution in [0.4, 0.5) is 5.69 Å². The zero-order valence-corrected chi connectivity index (χ0v) is 13.3. The van der Waals surface area contributed by atoms with E-state index in [9.17, 15) is 9.59 Å². The lowest BCUT2D eigenvalue weighted by molar-refractivity contribution is -0.129. The minimum absolute atomic E-state index is 0.0314. The summed E-state index contributed by atoms with van der Waals surface area (Å²) in [5.74, 6) is -0.550. The Morgan fingerprint density at radius 2 is 2.09 bits per heavy atom. The third-order valence-corrected chi connectivity index (χ3v) is 3.40. The Morgan fingerprint density at radius 3 is 2.73 bits per heavy atom. The van der Waals surface area contributed by atoms with Gasteiger partial charge >= 0.3 is 0 Å². The molecule has 0 spiro atoms. The number of carbonyl (C=O) groups is 2. The van der Waals surface area contributed by atoms with Crippen LogP contribution in [-0.2, 0) is 11.3 Å². The van der Waals surface area contributed by atoms with Gasteiger partial charge in [-0.05, 0) is 24.6 Å². The molecule has 2 rings (SSSR count). The molecule has 8 heteroatoms. The molecule has 0 saturated heterocycles. The fourth-order valence-corrected chi connectivity index (χ4v) is 1.81.